The highest BCUT2D eigenvalue weighted by Gasteiger charge is 2.19. The number of nitrogens with zero attached hydrogens (tertiary/aromatic N) is 2. The maximum atomic E-state index is 9.27. The number of nitrogens with two attached hydrogens (primary N) is 1. The molecule has 0 saturated heterocycles. The Hall–Kier alpha value is -1.97. The molecule has 0 atom stereocenters. The van der Waals surface area contributed by atoms with Gasteiger partial charge in [0.15, 0.2) is 0 Å². The summed E-state index contributed by atoms with van der Waals surface area (Å²) in [5.41, 5.74) is 9.36. The Balaban J connectivity index is 2.09. The van der Waals surface area contributed by atoms with Crippen LogP contribution in [0.2, 0.25) is 0 Å². The maximum Gasteiger partial charge on any atom is 0.130 e. The van der Waals surface area contributed by atoms with E-state index < -0.39 is 0 Å². The smallest absolute Gasteiger partial charge is 0.130 e. The van der Waals surface area contributed by atoms with Crippen LogP contribution in [0.4, 0.5) is 5.82 Å². The van der Waals surface area contributed by atoms with Crippen LogP contribution in [0.1, 0.15) is 24.1 Å². The average molecular weight is 229 g/mol. The zero-order chi connectivity index (χ0) is 11.8. The fourth-order valence-electron chi connectivity index (χ4n) is 2.37. The molecule has 0 radical (unpaired) electrons. The second-order valence-corrected chi connectivity index (χ2v) is 4.45. The van der Waals surface area contributed by atoms with Crippen LogP contribution >= 0.6 is 0 Å². The molecule has 2 aromatic rings. The first kappa shape index (κ1) is 10.2. The number of anilines is 1. The molecule has 1 aromatic carbocycles. The summed E-state index contributed by atoms with van der Waals surface area (Å²) in [5.74, 6) is 0.995. The van der Waals surface area contributed by atoms with Crippen molar-refractivity contribution < 1.29 is 5.11 Å². The summed E-state index contributed by atoms with van der Waals surface area (Å²) in [6, 6.07) is 6.94. The molecule has 1 aromatic heterocycles. The summed E-state index contributed by atoms with van der Waals surface area (Å²) in [4.78, 5) is 0. The van der Waals surface area contributed by atoms with E-state index >= 15 is 0 Å². The second-order valence-electron chi connectivity index (χ2n) is 4.45. The van der Waals surface area contributed by atoms with E-state index in [2.05, 4.69) is 5.10 Å². The topological polar surface area (TPSA) is 64.1 Å². The summed E-state index contributed by atoms with van der Waals surface area (Å²) in [7, 11) is 0. The monoisotopic (exact) mass is 229 g/mol. The first-order valence-electron chi connectivity index (χ1n) is 5.91. The third kappa shape index (κ3) is 1.65. The Morgan fingerprint density at radius 2 is 1.82 bits per heavy atom. The van der Waals surface area contributed by atoms with Crippen LogP contribution in [0.3, 0.4) is 0 Å². The van der Waals surface area contributed by atoms with Crippen LogP contribution < -0.4 is 5.73 Å². The van der Waals surface area contributed by atoms with Gasteiger partial charge in [0.25, 0.3) is 0 Å². The first-order valence-corrected chi connectivity index (χ1v) is 5.91. The molecule has 1 heterocycles. The number of aromatic nitrogens is 2. The van der Waals surface area contributed by atoms with Gasteiger partial charge in [-0.05, 0) is 49.9 Å². The third-order valence-electron chi connectivity index (χ3n) is 3.29. The largest absolute Gasteiger partial charge is 0.508 e. The molecule has 0 fully saturated rings. The van der Waals surface area contributed by atoms with Crippen molar-refractivity contribution in [3.05, 3.63) is 35.5 Å². The van der Waals surface area contributed by atoms with Gasteiger partial charge in [0.2, 0.25) is 0 Å². The molecule has 0 aliphatic heterocycles. The van der Waals surface area contributed by atoms with E-state index in [1.807, 2.05) is 12.1 Å². The number of aromatic hydroxyl groups is 1. The van der Waals surface area contributed by atoms with Crippen molar-refractivity contribution in [2.75, 3.05) is 5.73 Å². The number of rotatable bonds is 1. The van der Waals surface area contributed by atoms with Crippen molar-refractivity contribution in [1.29, 1.82) is 0 Å². The minimum absolute atomic E-state index is 0.254. The van der Waals surface area contributed by atoms with Crippen molar-refractivity contribution in [1.82, 2.24) is 9.78 Å². The molecular weight excluding hydrogens is 214 g/mol. The van der Waals surface area contributed by atoms with Crippen LogP contribution in [0, 0.1) is 0 Å². The van der Waals surface area contributed by atoms with Crippen LogP contribution in [0.25, 0.3) is 5.69 Å². The van der Waals surface area contributed by atoms with Crippen molar-refractivity contribution in [3.8, 4) is 11.4 Å². The van der Waals surface area contributed by atoms with E-state index in [1.165, 1.54) is 18.4 Å². The molecule has 4 nitrogen and oxygen atoms in total. The highest BCUT2D eigenvalue weighted by molar-refractivity contribution is 5.51. The number of phenols is 1. The fourth-order valence-corrected chi connectivity index (χ4v) is 2.37. The lowest BCUT2D eigenvalue weighted by atomic mass is 9.98. The minimum Gasteiger partial charge on any atom is -0.508 e. The molecule has 4 heteroatoms. The SMILES string of the molecule is Nc1c2c(nn1-c1ccc(O)cc1)CCCC2. The molecule has 0 saturated carbocycles. The fraction of sp³-hybridized carbons (Fsp3) is 0.308. The first-order chi connectivity index (χ1) is 8.25. The van der Waals surface area contributed by atoms with Gasteiger partial charge in [-0.15, -0.1) is 0 Å². The summed E-state index contributed by atoms with van der Waals surface area (Å²) in [6.45, 7) is 0. The van der Waals surface area contributed by atoms with Crippen molar-refractivity contribution in [3.63, 3.8) is 0 Å². The Labute approximate surface area is 99.7 Å². The normalized spacial score (nSPS) is 14.6. The number of benzene rings is 1. The molecular formula is C13H15N3O. The van der Waals surface area contributed by atoms with Gasteiger partial charge < -0.3 is 10.8 Å². The van der Waals surface area contributed by atoms with Crippen molar-refractivity contribution >= 4 is 5.82 Å². The lowest BCUT2D eigenvalue weighted by Crippen LogP contribution is -2.03. The molecule has 3 N–H and O–H groups in total. The number of fused-ring (bicyclic) bond motifs is 1. The number of nitrogen functional groups attached to an aromatic ring is 1. The molecule has 0 spiro atoms. The van der Waals surface area contributed by atoms with E-state index in [1.54, 1.807) is 16.8 Å². The zero-order valence-corrected chi connectivity index (χ0v) is 9.56. The molecule has 0 bridgehead atoms. The van der Waals surface area contributed by atoms with Crippen molar-refractivity contribution in [2.24, 2.45) is 0 Å². The molecule has 3 rings (SSSR count). The van der Waals surface area contributed by atoms with Gasteiger partial charge in [-0.25, -0.2) is 4.68 Å². The number of hydrogen-bond acceptors (Lipinski definition) is 3. The van der Waals surface area contributed by atoms with Gasteiger partial charge in [0, 0.05) is 5.56 Å². The summed E-state index contributed by atoms with van der Waals surface area (Å²) < 4.78 is 1.77. The zero-order valence-electron chi connectivity index (χ0n) is 9.56. The number of aryl methyl sites for hydroxylation is 1. The lowest BCUT2D eigenvalue weighted by Gasteiger charge is -2.08. The van der Waals surface area contributed by atoms with Crippen LogP contribution in [0.5, 0.6) is 5.75 Å². The highest BCUT2D eigenvalue weighted by atomic mass is 16.3. The minimum atomic E-state index is 0.254. The van der Waals surface area contributed by atoms with Gasteiger partial charge in [0.05, 0.1) is 11.4 Å². The van der Waals surface area contributed by atoms with Crippen LogP contribution in [-0.2, 0) is 12.8 Å². The maximum absolute atomic E-state index is 9.27. The molecule has 1 aliphatic rings. The molecule has 17 heavy (non-hydrogen) atoms. The Bertz CT molecular complexity index is 543. The van der Waals surface area contributed by atoms with Gasteiger partial charge >= 0.3 is 0 Å². The quantitative estimate of drug-likeness (QED) is 0.786. The predicted molar refractivity (Wildman–Crippen MR) is 66.3 cm³/mol. The molecule has 0 unspecified atom stereocenters. The van der Waals surface area contributed by atoms with Gasteiger partial charge in [-0.2, -0.15) is 5.10 Å². The lowest BCUT2D eigenvalue weighted by molar-refractivity contribution is 0.475. The average Bonchev–Trinajstić information content (AvgIpc) is 2.69. The molecule has 0 amide bonds. The molecule has 1 aliphatic carbocycles. The number of hydrogen-bond donors (Lipinski definition) is 2. The summed E-state index contributed by atoms with van der Waals surface area (Å²) >= 11 is 0. The van der Waals surface area contributed by atoms with E-state index in [9.17, 15) is 5.11 Å². The van der Waals surface area contributed by atoms with Crippen molar-refractivity contribution in [2.45, 2.75) is 25.7 Å². The summed E-state index contributed by atoms with van der Waals surface area (Å²) in [5, 5.41) is 13.8. The second kappa shape index (κ2) is 3.80. The number of phenolic OH excluding ortho intramolecular Hbond substituents is 1. The summed E-state index contributed by atoms with van der Waals surface area (Å²) in [6.07, 6.45) is 4.43. The van der Waals surface area contributed by atoms with Crippen LogP contribution in [0.15, 0.2) is 24.3 Å². The third-order valence-corrected chi connectivity index (χ3v) is 3.29. The van der Waals surface area contributed by atoms with Gasteiger partial charge in [0.1, 0.15) is 11.6 Å². The standard InChI is InChI=1S/C13H15N3O/c14-13-11-3-1-2-4-12(11)15-16(13)9-5-7-10(17)8-6-9/h5-8,17H,1-4,14H2. The van der Waals surface area contributed by atoms with E-state index in [-0.39, 0.29) is 5.75 Å². The van der Waals surface area contributed by atoms with Crippen LogP contribution in [-0.4, -0.2) is 14.9 Å². The Kier molecular flexibility index (Phi) is 2.28. The van der Waals surface area contributed by atoms with E-state index in [4.69, 9.17) is 5.73 Å². The van der Waals surface area contributed by atoms with Gasteiger partial charge in [-0.3, -0.25) is 0 Å². The Morgan fingerprint density at radius 3 is 2.53 bits per heavy atom. The highest BCUT2D eigenvalue weighted by Crippen LogP contribution is 2.28. The molecule has 88 valence electrons. The van der Waals surface area contributed by atoms with E-state index in [0.717, 1.165) is 30.0 Å². The predicted octanol–water partition coefficient (Wildman–Crippen LogP) is 2.04. The van der Waals surface area contributed by atoms with E-state index in [0.29, 0.717) is 0 Å². The Morgan fingerprint density at radius 1 is 1.12 bits per heavy atom. The van der Waals surface area contributed by atoms with Gasteiger partial charge in [-0.1, -0.05) is 0 Å².